The summed E-state index contributed by atoms with van der Waals surface area (Å²) in [5.41, 5.74) is 1.84. The molecule has 0 atom stereocenters. The number of rotatable bonds is 5. The number of amides is 2. The zero-order chi connectivity index (χ0) is 22.6. The second kappa shape index (κ2) is 9.80. The van der Waals surface area contributed by atoms with E-state index in [-0.39, 0.29) is 11.8 Å². The van der Waals surface area contributed by atoms with E-state index in [0.29, 0.717) is 75.6 Å². The van der Waals surface area contributed by atoms with Gasteiger partial charge in [-0.25, -0.2) is 23.2 Å². The van der Waals surface area contributed by atoms with Crippen molar-refractivity contribution in [3.8, 4) is 11.4 Å². The second-order valence-corrected chi connectivity index (χ2v) is 9.96. The van der Waals surface area contributed by atoms with Gasteiger partial charge in [0.1, 0.15) is 5.82 Å². The Bertz CT molecular complexity index is 1050. The van der Waals surface area contributed by atoms with Crippen molar-refractivity contribution < 1.29 is 22.7 Å². The first-order valence-corrected chi connectivity index (χ1v) is 12.6. The van der Waals surface area contributed by atoms with Crippen LogP contribution in [0.4, 0.5) is 16.3 Å². The van der Waals surface area contributed by atoms with Crippen LogP contribution in [0.1, 0.15) is 5.69 Å². The number of morpholine rings is 2. The third kappa shape index (κ3) is 5.93. The van der Waals surface area contributed by atoms with Crippen LogP contribution in [0.15, 0.2) is 30.3 Å². The van der Waals surface area contributed by atoms with Gasteiger partial charge in [-0.2, -0.15) is 0 Å². The van der Waals surface area contributed by atoms with Crippen LogP contribution in [-0.4, -0.2) is 88.2 Å². The fourth-order valence-electron chi connectivity index (χ4n) is 3.58. The van der Waals surface area contributed by atoms with E-state index in [1.807, 2.05) is 12.1 Å². The Morgan fingerprint density at radius 2 is 1.62 bits per heavy atom. The number of hydrogen-bond donors (Lipinski definition) is 1. The Balaban J connectivity index is 1.55. The minimum Gasteiger partial charge on any atom is -0.378 e. The van der Waals surface area contributed by atoms with Crippen molar-refractivity contribution in [3.05, 3.63) is 36.0 Å². The molecule has 0 bridgehead atoms. The van der Waals surface area contributed by atoms with Crippen molar-refractivity contribution in [1.82, 2.24) is 14.9 Å². The molecule has 2 aliphatic heterocycles. The Labute approximate surface area is 187 Å². The molecule has 2 aromatic rings. The maximum Gasteiger partial charge on any atom is 0.321 e. The maximum atomic E-state index is 12.4. The van der Waals surface area contributed by atoms with Gasteiger partial charge < -0.3 is 24.6 Å². The summed E-state index contributed by atoms with van der Waals surface area (Å²) in [5, 5.41) is 2.89. The summed E-state index contributed by atoms with van der Waals surface area (Å²) < 4.78 is 34.4. The molecule has 2 saturated heterocycles. The highest BCUT2D eigenvalue weighted by Crippen LogP contribution is 2.23. The van der Waals surface area contributed by atoms with Gasteiger partial charge in [0.2, 0.25) is 0 Å². The van der Waals surface area contributed by atoms with E-state index in [1.54, 1.807) is 23.1 Å². The topological polar surface area (TPSA) is 114 Å². The fraction of sp³-hybridized carbons (Fsp3) is 0.476. The molecule has 32 heavy (non-hydrogen) atoms. The molecule has 11 heteroatoms. The molecular formula is C21H27N5O5S. The van der Waals surface area contributed by atoms with Gasteiger partial charge in [-0.15, -0.1) is 0 Å². The third-order valence-corrected chi connectivity index (χ3v) is 6.02. The highest BCUT2D eigenvalue weighted by atomic mass is 32.2. The molecule has 0 saturated carbocycles. The molecule has 4 rings (SSSR count). The molecule has 1 aromatic heterocycles. The molecule has 0 spiro atoms. The average Bonchev–Trinajstić information content (AvgIpc) is 2.79. The molecule has 1 aromatic carbocycles. The van der Waals surface area contributed by atoms with Gasteiger partial charge in [0.05, 0.1) is 37.9 Å². The van der Waals surface area contributed by atoms with Gasteiger partial charge in [0, 0.05) is 49.8 Å². The zero-order valence-corrected chi connectivity index (χ0v) is 18.8. The highest BCUT2D eigenvalue weighted by molar-refractivity contribution is 7.89. The monoisotopic (exact) mass is 461 g/mol. The summed E-state index contributed by atoms with van der Waals surface area (Å²) in [4.78, 5) is 25.3. The normalized spacial score (nSPS) is 17.3. The Hall–Kier alpha value is -2.76. The number of carbonyl (C=O) groups is 1. The SMILES string of the molecule is CS(=O)(=O)Cc1cc(N2CCOCC2)nc(-c2ccc(NC(=O)N3CCOCC3)cc2)n1. The van der Waals surface area contributed by atoms with E-state index in [1.165, 1.54) is 6.26 Å². The number of urea groups is 1. The predicted molar refractivity (Wildman–Crippen MR) is 120 cm³/mol. The number of nitrogens with zero attached hydrogens (tertiary/aromatic N) is 4. The van der Waals surface area contributed by atoms with Crippen molar-refractivity contribution in [2.24, 2.45) is 0 Å². The van der Waals surface area contributed by atoms with Gasteiger partial charge in [-0.05, 0) is 24.3 Å². The van der Waals surface area contributed by atoms with E-state index < -0.39 is 9.84 Å². The van der Waals surface area contributed by atoms with Crippen LogP contribution in [0.3, 0.4) is 0 Å². The molecule has 2 aliphatic rings. The van der Waals surface area contributed by atoms with Crippen LogP contribution in [0.5, 0.6) is 0 Å². The van der Waals surface area contributed by atoms with Crippen LogP contribution in [0, 0.1) is 0 Å². The van der Waals surface area contributed by atoms with E-state index >= 15 is 0 Å². The maximum absolute atomic E-state index is 12.4. The minimum atomic E-state index is -3.25. The molecule has 3 heterocycles. The number of anilines is 2. The lowest BCUT2D eigenvalue weighted by molar-refractivity contribution is 0.0564. The van der Waals surface area contributed by atoms with E-state index in [2.05, 4.69) is 20.2 Å². The largest absolute Gasteiger partial charge is 0.378 e. The van der Waals surface area contributed by atoms with Crippen LogP contribution in [0.2, 0.25) is 0 Å². The first-order chi connectivity index (χ1) is 15.4. The summed E-state index contributed by atoms with van der Waals surface area (Å²) in [6, 6.07) is 8.77. The Kier molecular flexibility index (Phi) is 6.87. The number of benzene rings is 1. The quantitative estimate of drug-likeness (QED) is 0.711. The summed E-state index contributed by atoms with van der Waals surface area (Å²) >= 11 is 0. The van der Waals surface area contributed by atoms with Crippen molar-refractivity contribution in [2.45, 2.75) is 5.75 Å². The van der Waals surface area contributed by atoms with Gasteiger partial charge in [-0.1, -0.05) is 0 Å². The Morgan fingerprint density at radius 1 is 1.00 bits per heavy atom. The number of nitrogens with one attached hydrogen (secondary N) is 1. The smallest absolute Gasteiger partial charge is 0.321 e. The first-order valence-electron chi connectivity index (χ1n) is 10.5. The summed E-state index contributed by atoms with van der Waals surface area (Å²) in [6.07, 6.45) is 1.19. The van der Waals surface area contributed by atoms with E-state index in [9.17, 15) is 13.2 Å². The zero-order valence-electron chi connectivity index (χ0n) is 18.0. The van der Waals surface area contributed by atoms with E-state index in [4.69, 9.17) is 9.47 Å². The van der Waals surface area contributed by atoms with Gasteiger partial charge in [0.25, 0.3) is 0 Å². The molecule has 2 fully saturated rings. The molecule has 10 nitrogen and oxygen atoms in total. The molecule has 0 radical (unpaired) electrons. The summed E-state index contributed by atoms with van der Waals surface area (Å²) in [5.74, 6) is 0.966. The number of hydrogen-bond acceptors (Lipinski definition) is 8. The molecule has 2 amide bonds. The second-order valence-electron chi connectivity index (χ2n) is 7.82. The number of ether oxygens (including phenoxy) is 2. The van der Waals surface area contributed by atoms with Gasteiger partial charge in [0.15, 0.2) is 15.7 Å². The lowest BCUT2D eigenvalue weighted by Gasteiger charge is -2.28. The van der Waals surface area contributed by atoms with Crippen LogP contribution in [-0.2, 0) is 25.1 Å². The number of carbonyl (C=O) groups excluding carboxylic acids is 1. The average molecular weight is 462 g/mol. The molecule has 0 unspecified atom stereocenters. The first kappa shape index (κ1) is 22.4. The van der Waals surface area contributed by atoms with Crippen LogP contribution >= 0.6 is 0 Å². The van der Waals surface area contributed by atoms with Crippen molar-refractivity contribution in [2.75, 3.05) is 69.1 Å². The van der Waals surface area contributed by atoms with E-state index in [0.717, 1.165) is 5.56 Å². The van der Waals surface area contributed by atoms with Crippen molar-refractivity contribution >= 4 is 27.4 Å². The molecular weight excluding hydrogens is 434 g/mol. The third-order valence-electron chi connectivity index (χ3n) is 5.20. The Morgan fingerprint density at radius 3 is 2.25 bits per heavy atom. The standard InChI is InChI=1S/C21H27N5O5S/c1-32(28,29)15-18-14-19(25-6-10-30-11-7-25)24-20(22-18)16-2-4-17(5-3-16)23-21(27)26-8-12-31-13-9-26/h2-5,14H,6-13,15H2,1H3,(H,23,27). The number of sulfone groups is 1. The van der Waals surface area contributed by atoms with Gasteiger partial charge >= 0.3 is 6.03 Å². The summed E-state index contributed by atoms with van der Waals surface area (Å²) in [7, 11) is -3.25. The lowest BCUT2D eigenvalue weighted by Crippen LogP contribution is -2.43. The fourth-order valence-corrected chi connectivity index (χ4v) is 4.27. The minimum absolute atomic E-state index is 0.159. The van der Waals surface area contributed by atoms with Crippen LogP contribution < -0.4 is 10.2 Å². The molecule has 0 aliphatic carbocycles. The predicted octanol–water partition coefficient (Wildman–Crippen LogP) is 1.39. The summed E-state index contributed by atoms with van der Waals surface area (Å²) in [6.45, 7) is 4.77. The van der Waals surface area contributed by atoms with Crippen LogP contribution in [0.25, 0.3) is 11.4 Å². The lowest BCUT2D eigenvalue weighted by atomic mass is 10.2. The van der Waals surface area contributed by atoms with Gasteiger partial charge in [-0.3, -0.25) is 0 Å². The molecule has 172 valence electrons. The highest BCUT2D eigenvalue weighted by Gasteiger charge is 2.19. The van der Waals surface area contributed by atoms with Crippen molar-refractivity contribution in [3.63, 3.8) is 0 Å². The molecule has 1 N–H and O–H groups in total. The number of aromatic nitrogens is 2. The van der Waals surface area contributed by atoms with Crippen molar-refractivity contribution in [1.29, 1.82) is 0 Å².